The maximum absolute atomic E-state index is 11.3. The van der Waals surface area contributed by atoms with Crippen molar-refractivity contribution in [3.63, 3.8) is 0 Å². The minimum Gasteiger partial charge on any atom is -0.267 e. The number of nitrogens with one attached hydrogen (secondary N) is 1. The summed E-state index contributed by atoms with van der Waals surface area (Å²) in [5, 5.41) is 7.06. The first-order valence-corrected chi connectivity index (χ1v) is 5.04. The van der Waals surface area contributed by atoms with Crippen LogP contribution in [0.1, 0.15) is 18.9 Å². The molecule has 1 aliphatic rings. The quantitative estimate of drug-likeness (QED) is 0.568. The maximum Gasteiger partial charge on any atom is 0.344 e. The number of terminal acetylenes is 1. The molecular weight excluding hydrogens is 186 g/mol. The molecule has 1 aliphatic carbocycles. The van der Waals surface area contributed by atoms with E-state index < -0.39 is 0 Å². The molecule has 1 saturated carbocycles. The first-order chi connectivity index (χ1) is 6.33. The van der Waals surface area contributed by atoms with Gasteiger partial charge in [0.2, 0.25) is 0 Å². The van der Waals surface area contributed by atoms with E-state index in [4.69, 9.17) is 6.42 Å². The molecule has 0 unspecified atom stereocenters. The lowest BCUT2D eigenvalue weighted by molar-refractivity contribution is 0.643. The van der Waals surface area contributed by atoms with Gasteiger partial charge in [0.1, 0.15) is 0 Å². The number of hydrogen-bond donors (Lipinski definition) is 1. The standard InChI is InChI=1S/C8H9N3OS/c1-2-5-13-8-10-9-7(12)11(8)6-3-4-6/h1,6H,3-5H2,(H,9,12). The van der Waals surface area contributed by atoms with Crippen LogP contribution in [0.2, 0.25) is 0 Å². The molecule has 0 atom stereocenters. The lowest BCUT2D eigenvalue weighted by Gasteiger charge is -1.99. The predicted octanol–water partition coefficient (Wildman–Crippen LogP) is 0.632. The van der Waals surface area contributed by atoms with Crippen molar-refractivity contribution in [3.05, 3.63) is 10.5 Å². The molecular formula is C8H9N3OS. The normalized spacial score (nSPS) is 15.6. The fourth-order valence-electron chi connectivity index (χ4n) is 1.15. The van der Waals surface area contributed by atoms with Crippen LogP contribution in [0, 0.1) is 12.3 Å². The Morgan fingerprint density at radius 3 is 3.15 bits per heavy atom. The lowest BCUT2D eigenvalue weighted by Crippen LogP contribution is -2.16. The van der Waals surface area contributed by atoms with Gasteiger partial charge in [-0.3, -0.25) is 4.57 Å². The molecule has 0 saturated heterocycles. The second-order valence-electron chi connectivity index (χ2n) is 2.91. The monoisotopic (exact) mass is 195 g/mol. The van der Waals surface area contributed by atoms with E-state index in [0.717, 1.165) is 12.8 Å². The van der Waals surface area contributed by atoms with Crippen LogP contribution in [-0.4, -0.2) is 20.5 Å². The molecule has 1 aromatic heterocycles. The van der Waals surface area contributed by atoms with Gasteiger partial charge in [-0.1, -0.05) is 17.7 Å². The third kappa shape index (κ3) is 1.63. The number of nitrogens with zero attached hydrogens (tertiary/aromatic N) is 2. The van der Waals surface area contributed by atoms with Gasteiger partial charge in [-0.2, -0.15) is 0 Å². The molecule has 1 fully saturated rings. The Morgan fingerprint density at radius 2 is 2.54 bits per heavy atom. The zero-order chi connectivity index (χ0) is 9.26. The van der Waals surface area contributed by atoms with Crippen molar-refractivity contribution in [2.75, 3.05) is 5.75 Å². The Bertz CT molecular complexity index is 396. The molecule has 1 N–H and O–H groups in total. The molecule has 1 aromatic rings. The van der Waals surface area contributed by atoms with E-state index in [9.17, 15) is 4.79 Å². The van der Waals surface area contributed by atoms with Crippen LogP contribution in [0.3, 0.4) is 0 Å². The summed E-state index contributed by atoms with van der Waals surface area (Å²) in [6.45, 7) is 0. The van der Waals surface area contributed by atoms with Gasteiger partial charge in [0.25, 0.3) is 0 Å². The molecule has 4 nitrogen and oxygen atoms in total. The van der Waals surface area contributed by atoms with E-state index in [1.54, 1.807) is 4.57 Å². The summed E-state index contributed by atoms with van der Waals surface area (Å²) in [6, 6.07) is 0.353. The summed E-state index contributed by atoms with van der Waals surface area (Å²) in [6.07, 6.45) is 7.27. The average Bonchev–Trinajstić information content (AvgIpc) is 2.88. The van der Waals surface area contributed by atoms with Gasteiger partial charge < -0.3 is 0 Å². The van der Waals surface area contributed by atoms with E-state index in [2.05, 4.69) is 16.1 Å². The van der Waals surface area contributed by atoms with Crippen LogP contribution in [0.4, 0.5) is 0 Å². The highest BCUT2D eigenvalue weighted by Gasteiger charge is 2.28. The maximum atomic E-state index is 11.3. The second kappa shape index (κ2) is 3.30. The zero-order valence-corrected chi connectivity index (χ0v) is 7.80. The van der Waals surface area contributed by atoms with Gasteiger partial charge in [0.05, 0.1) is 5.75 Å². The highest BCUT2D eigenvalue weighted by Crippen LogP contribution is 2.35. The highest BCUT2D eigenvalue weighted by atomic mass is 32.2. The van der Waals surface area contributed by atoms with Crippen molar-refractivity contribution >= 4 is 11.8 Å². The van der Waals surface area contributed by atoms with Crippen LogP contribution < -0.4 is 5.69 Å². The largest absolute Gasteiger partial charge is 0.344 e. The molecule has 0 spiro atoms. The SMILES string of the molecule is C#CCSc1n[nH]c(=O)n1C1CC1. The summed E-state index contributed by atoms with van der Waals surface area (Å²) in [7, 11) is 0. The minimum atomic E-state index is -0.123. The van der Waals surface area contributed by atoms with Crippen LogP contribution >= 0.6 is 11.8 Å². The van der Waals surface area contributed by atoms with Crippen LogP contribution in [0.15, 0.2) is 9.95 Å². The van der Waals surface area contributed by atoms with Crippen molar-refractivity contribution in [1.82, 2.24) is 14.8 Å². The molecule has 0 radical (unpaired) electrons. The third-order valence-electron chi connectivity index (χ3n) is 1.87. The van der Waals surface area contributed by atoms with E-state index in [0.29, 0.717) is 17.0 Å². The molecule has 5 heteroatoms. The lowest BCUT2D eigenvalue weighted by atomic mass is 10.7. The van der Waals surface area contributed by atoms with Crippen molar-refractivity contribution in [2.45, 2.75) is 24.0 Å². The first kappa shape index (κ1) is 8.45. The van der Waals surface area contributed by atoms with Gasteiger partial charge >= 0.3 is 5.69 Å². The van der Waals surface area contributed by atoms with Gasteiger partial charge in [0.15, 0.2) is 5.16 Å². The molecule has 0 aromatic carbocycles. The molecule has 0 amide bonds. The zero-order valence-electron chi connectivity index (χ0n) is 6.99. The highest BCUT2D eigenvalue weighted by molar-refractivity contribution is 7.99. The number of aromatic amines is 1. The number of hydrogen-bond acceptors (Lipinski definition) is 3. The fourth-order valence-corrected chi connectivity index (χ4v) is 1.85. The minimum absolute atomic E-state index is 0.123. The Kier molecular flexibility index (Phi) is 2.15. The Balaban J connectivity index is 2.24. The van der Waals surface area contributed by atoms with E-state index in [1.165, 1.54) is 11.8 Å². The topological polar surface area (TPSA) is 50.7 Å². The molecule has 0 bridgehead atoms. The van der Waals surface area contributed by atoms with Crippen molar-refractivity contribution in [1.29, 1.82) is 0 Å². The fraction of sp³-hybridized carbons (Fsp3) is 0.500. The average molecular weight is 195 g/mol. The number of rotatable bonds is 3. The van der Waals surface area contributed by atoms with Gasteiger partial charge in [-0.05, 0) is 12.8 Å². The second-order valence-corrected chi connectivity index (χ2v) is 3.85. The van der Waals surface area contributed by atoms with Crippen LogP contribution in [0.5, 0.6) is 0 Å². The number of H-pyrrole nitrogens is 1. The van der Waals surface area contributed by atoms with Gasteiger partial charge in [-0.15, -0.1) is 11.5 Å². The van der Waals surface area contributed by atoms with Crippen molar-refractivity contribution in [3.8, 4) is 12.3 Å². The Hall–Kier alpha value is -1.15. The van der Waals surface area contributed by atoms with Gasteiger partial charge in [0, 0.05) is 6.04 Å². The van der Waals surface area contributed by atoms with Crippen molar-refractivity contribution < 1.29 is 0 Å². The Labute approximate surface area is 79.7 Å². The summed E-state index contributed by atoms with van der Waals surface area (Å²) >= 11 is 1.42. The third-order valence-corrected chi connectivity index (χ3v) is 2.73. The van der Waals surface area contributed by atoms with E-state index >= 15 is 0 Å². The summed E-state index contributed by atoms with van der Waals surface area (Å²) in [5.41, 5.74) is -0.123. The molecule has 1 heterocycles. The molecule has 2 rings (SSSR count). The van der Waals surface area contributed by atoms with Crippen LogP contribution in [0.25, 0.3) is 0 Å². The van der Waals surface area contributed by atoms with E-state index in [1.807, 2.05) is 0 Å². The molecule has 0 aliphatic heterocycles. The summed E-state index contributed by atoms with van der Waals surface area (Å²) in [5.74, 6) is 3.06. The van der Waals surface area contributed by atoms with Crippen molar-refractivity contribution in [2.24, 2.45) is 0 Å². The van der Waals surface area contributed by atoms with Crippen LogP contribution in [-0.2, 0) is 0 Å². The molecule has 13 heavy (non-hydrogen) atoms. The Morgan fingerprint density at radius 1 is 1.77 bits per heavy atom. The summed E-state index contributed by atoms with van der Waals surface area (Å²) in [4.78, 5) is 11.3. The molecule has 68 valence electrons. The number of aromatic nitrogens is 3. The van der Waals surface area contributed by atoms with E-state index in [-0.39, 0.29) is 5.69 Å². The smallest absolute Gasteiger partial charge is 0.267 e. The predicted molar refractivity (Wildman–Crippen MR) is 50.7 cm³/mol. The number of thioether (sulfide) groups is 1. The first-order valence-electron chi connectivity index (χ1n) is 4.06. The van der Waals surface area contributed by atoms with Gasteiger partial charge in [-0.25, -0.2) is 9.89 Å². The summed E-state index contributed by atoms with van der Waals surface area (Å²) < 4.78 is 1.70.